The molecule has 5 heteroatoms. The van der Waals surface area contributed by atoms with Crippen LogP contribution in [-0.2, 0) is 5.88 Å². The highest BCUT2D eigenvalue weighted by Crippen LogP contribution is 2.24. The summed E-state index contributed by atoms with van der Waals surface area (Å²) in [5.41, 5.74) is 2.95. The highest BCUT2D eigenvalue weighted by molar-refractivity contribution is 6.17. The Morgan fingerprint density at radius 2 is 1.80 bits per heavy atom. The van der Waals surface area contributed by atoms with Crippen molar-refractivity contribution < 1.29 is 8.78 Å². The molecular weight excluding hydrogens is 282 g/mol. The summed E-state index contributed by atoms with van der Waals surface area (Å²) in [6.07, 6.45) is 0. The number of fused-ring (bicyclic) bond motifs is 1. The number of hydrogen-bond acceptors (Lipinski definition) is 1. The summed E-state index contributed by atoms with van der Waals surface area (Å²) in [4.78, 5) is 4.39. The van der Waals surface area contributed by atoms with Crippen LogP contribution in [0.3, 0.4) is 0 Å². The fraction of sp³-hybridized carbons (Fsp3) is 0.133. The third-order valence-electron chi connectivity index (χ3n) is 3.10. The van der Waals surface area contributed by atoms with E-state index in [1.54, 1.807) is 4.57 Å². The number of aryl methyl sites for hydroxylation is 1. The Morgan fingerprint density at radius 1 is 1.10 bits per heavy atom. The first kappa shape index (κ1) is 13.1. The second-order valence-electron chi connectivity index (χ2n) is 4.62. The van der Waals surface area contributed by atoms with E-state index in [2.05, 4.69) is 4.98 Å². The van der Waals surface area contributed by atoms with Gasteiger partial charge < -0.3 is 0 Å². The predicted molar refractivity (Wildman–Crippen MR) is 75.3 cm³/mol. The maximum atomic E-state index is 13.4. The zero-order chi connectivity index (χ0) is 14.3. The molecule has 0 atom stereocenters. The molecule has 0 bridgehead atoms. The van der Waals surface area contributed by atoms with Crippen LogP contribution in [0.15, 0.2) is 36.4 Å². The van der Waals surface area contributed by atoms with Crippen LogP contribution in [0.4, 0.5) is 8.78 Å². The molecule has 0 unspecified atom stereocenters. The van der Waals surface area contributed by atoms with Crippen molar-refractivity contribution in [2.75, 3.05) is 0 Å². The van der Waals surface area contributed by atoms with E-state index in [1.807, 2.05) is 25.1 Å². The lowest BCUT2D eigenvalue weighted by Crippen LogP contribution is -2.00. The van der Waals surface area contributed by atoms with E-state index in [9.17, 15) is 8.78 Å². The molecule has 0 saturated carbocycles. The molecular formula is C15H11ClF2N2. The summed E-state index contributed by atoms with van der Waals surface area (Å²) < 4.78 is 28.5. The van der Waals surface area contributed by atoms with Crippen molar-refractivity contribution in [2.45, 2.75) is 12.8 Å². The molecule has 1 aromatic heterocycles. The summed E-state index contributed by atoms with van der Waals surface area (Å²) in [6, 6.07) is 9.09. The van der Waals surface area contributed by atoms with Crippen LogP contribution >= 0.6 is 11.6 Å². The lowest BCUT2D eigenvalue weighted by molar-refractivity contribution is 0.581. The number of aromatic nitrogens is 2. The van der Waals surface area contributed by atoms with E-state index >= 15 is 0 Å². The Balaban J connectivity index is 2.35. The van der Waals surface area contributed by atoms with Crippen molar-refractivity contribution in [1.82, 2.24) is 9.55 Å². The average molecular weight is 293 g/mol. The zero-order valence-corrected chi connectivity index (χ0v) is 11.5. The van der Waals surface area contributed by atoms with E-state index < -0.39 is 11.6 Å². The van der Waals surface area contributed by atoms with Gasteiger partial charge in [-0.1, -0.05) is 6.07 Å². The number of rotatable bonds is 2. The first-order valence-corrected chi connectivity index (χ1v) is 6.62. The molecule has 0 fully saturated rings. The van der Waals surface area contributed by atoms with Crippen LogP contribution in [0.5, 0.6) is 0 Å². The molecule has 0 N–H and O–H groups in total. The molecule has 3 aromatic rings. The normalized spacial score (nSPS) is 11.2. The maximum absolute atomic E-state index is 13.4. The van der Waals surface area contributed by atoms with E-state index in [-0.39, 0.29) is 5.88 Å². The van der Waals surface area contributed by atoms with Gasteiger partial charge in [-0.05, 0) is 36.8 Å². The van der Waals surface area contributed by atoms with Gasteiger partial charge in [0.1, 0.15) is 17.5 Å². The number of alkyl halides is 1. The minimum atomic E-state index is -0.630. The Morgan fingerprint density at radius 3 is 2.45 bits per heavy atom. The Bertz CT molecular complexity index is 776. The molecule has 1 heterocycles. The van der Waals surface area contributed by atoms with E-state index in [0.29, 0.717) is 11.5 Å². The quantitative estimate of drug-likeness (QED) is 0.642. The third-order valence-corrected chi connectivity index (χ3v) is 3.34. The molecule has 0 spiro atoms. The van der Waals surface area contributed by atoms with Gasteiger partial charge in [0.05, 0.1) is 22.6 Å². The van der Waals surface area contributed by atoms with Gasteiger partial charge in [-0.3, -0.25) is 4.57 Å². The number of imidazole rings is 1. The van der Waals surface area contributed by atoms with Crippen molar-refractivity contribution in [2.24, 2.45) is 0 Å². The summed E-state index contributed by atoms with van der Waals surface area (Å²) in [5.74, 6) is -0.548. The SMILES string of the molecule is Cc1ccc2nc(CCl)n(-c3cc(F)cc(F)c3)c2c1. The van der Waals surface area contributed by atoms with E-state index in [4.69, 9.17) is 11.6 Å². The van der Waals surface area contributed by atoms with Crippen LogP contribution in [0.1, 0.15) is 11.4 Å². The third kappa shape index (κ3) is 2.16. The Labute approximate surface area is 119 Å². The van der Waals surface area contributed by atoms with Crippen molar-refractivity contribution in [1.29, 1.82) is 0 Å². The van der Waals surface area contributed by atoms with Gasteiger partial charge in [0.2, 0.25) is 0 Å². The van der Waals surface area contributed by atoms with Gasteiger partial charge in [0.15, 0.2) is 0 Å². The zero-order valence-electron chi connectivity index (χ0n) is 10.7. The minimum Gasteiger partial charge on any atom is -0.295 e. The summed E-state index contributed by atoms with van der Waals surface area (Å²) >= 11 is 5.90. The number of halogens is 3. The molecule has 0 amide bonds. The van der Waals surface area contributed by atoms with Gasteiger partial charge in [0, 0.05) is 6.07 Å². The van der Waals surface area contributed by atoms with Gasteiger partial charge in [-0.15, -0.1) is 11.6 Å². The van der Waals surface area contributed by atoms with Crippen LogP contribution in [-0.4, -0.2) is 9.55 Å². The fourth-order valence-electron chi connectivity index (χ4n) is 2.28. The molecule has 3 rings (SSSR count). The monoisotopic (exact) mass is 292 g/mol. The number of benzene rings is 2. The molecule has 2 aromatic carbocycles. The van der Waals surface area contributed by atoms with Crippen LogP contribution in [0.2, 0.25) is 0 Å². The lowest BCUT2D eigenvalue weighted by Gasteiger charge is -2.08. The number of hydrogen-bond donors (Lipinski definition) is 0. The lowest BCUT2D eigenvalue weighted by atomic mass is 10.2. The van der Waals surface area contributed by atoms with Crippen molar-refractivity contribution in [3.63, 3.8) is 0 Å². The second-order valence-corrected chi connectivity index (χ2v) is 4.88. The predicted octanol–water partition coefficient (Wildman–Crippen LogP) is 4.35. The summed E-state index contributed by atoms with van der Waals surface area (Å²) in [6.45, 7) is 1.95. The van der Waals surface area contributed by atoms with Crippen LogP contribution in [0, 0.1) is 18.6 Å². The second kappa shape index (κ2) is 4.87. The molecule has 20 heavy (non-hydrogen) atoms. The van der Waals surface area contributed by atoms with Gasteiger partial charge >= 0.3 is 0 Å². The minimum absolute atomic E-state index is 0.159. The van der Waals surface area contributed by atoms with E-state index in [0.717, 1.165) is 22.7 Å². The van der Waals surface area contributed by atoms with Crippen molar-refractivity contribution in [3.05, 3.63) is 59.4 Å². The fourth-order valence-corrected chi connectivity index (χ4v) is 2.46. The summed E-state index contributed by atoms with van der Waals surface area (Å²) in [7, 11) is 0. The summed E-state index contributed by atoms with van der Waals surface area (Å²) in [5, 5.41) is 0. The average Bonchev–Trinajstić information content (AvgIpc) is 2.75. The molecule has 0 radical (unpaired) electrons. The molecule has 102 valence electrons. The van der Waals surface area contributed by atoms with Crippen LogP contribution in [0.25, 0.3) is 16.7 Å². The largest absolute Gasteiger partial charge is 0.295 e. The molecule has 2 nitrogen and oxygen atoms in total. The van der Waals surface area contributed by atoms with Gasteiger partial charge in [0.25, 0.3) is 0 Å². The topological polar surface area (TPSA) is 17.8 Å². The molecule has 0 aliphatic rings. The highest BCUT2D eigenvalue weighted by atomic mass is 35.5. The van der Waals surface area contributed by atoms with Gasteiger partial charge in [-0.2, -0.15) is 0 Å². The van der Waals surface area contributed by atoms with Crippen molar-refractivity contribution >= 4 is 22.6 Å². The smallest absolute Gasteiger partial charge is 0.129 e. The maximum Gasteiger partial charge on any atom is 0.129 e. The Hall–Kier alpha value is -1.94. The standard InChI is InChI=1S/C15H11ClF2N2/c1-9-2-3-13-14(4-9)20(15(8-16)19-13)12-6-10(17)5-11(18)7-12/h2-7H,8H2,1H3. The van der Waals surface area contributed by atoms with Crippen LogP contribution < -0.4 is 0 Å². The van der Waals surface area contributed by atoms with E-state index in [1.165, 1.54) is 12.1 Å². The van der Waals surface area contributed by atoms with Crippen molar-refractivity contribution in [3.8, 4) is 5.69 Å². The first-order chi connectivity index (χ1) is 9.58. The Kier molecular flexibility index (Phi) is 3.18. The van der Waals surface area contributed by atoms with Gasteiger partial charge in [-0.25, -0.2) is 13.8 Å². The number of nitrogens with zero attached hydrogens (tertiary/aromatic N) is 2. The molecule has 0 aliphatic carbocycles. The first-order valence-electron chi connectivity index (χ1n) is 6.09. The molecule has 0 aliphatic heterocycles. The molecule has 0 saturated heterocycles. The highest BCUT2D eigenvalue weighted by Gasteiger charge is 2.13.